The number of hydrogen-bond acceptors (Lipinski definition) is 7. The molecule has 0 saturated carbocycles. The predicted molar refractivity (Wildman–Crippen MR) is 186 cm³/mol. The minimum absolute atomic E-state index is 0.0229. The lowest BCUT2D eigenvalue weighted by Gasteiger charge is -2.15. The van der Waals surface area contributed by atoms with Crippen LogP contribution in [0.5, 0.6) is 5.75 Å². The number of rotatable bonds is 12. The molecule has 11 heteroatoms. The summed E-state index contributed by atoms with van der Waals surface area (Å²) in [4.78, 5) is 45.0. The number of carbonyl (C=O) groups is 3. The van der Waals surface area contributed by atoms with E-state index in [1.165, 1.54) is 53.4 Å². The minimum Gasteiger partial charge on any atom is -0.496 e. The van der Waals surface area contributed by atoms with Gasteiger partial charge in [-0.2, -0.15) is 0 Å². The Morgan fingerprint density at radius 3 is 2.43 bits per heavy atom. The van der Waals surface area contributed by atoms with E-state index < -0.39 is 22.9 Å². The van der Waals surface area contributed by atoms with Crippen molar-refractivity contribution in [2.45, 2.75) is 23.5 Å². The minimum atomic E-state index is -0.569. The highest BCUT2D eigenvalue weighted by Gasteiger charge is 2.21. The molecule has 0 aliphatic carbocycles. The zero-order valence-electron chi connectivity index (χ0n) is 25.5. The molecule has 0 saturated heterocycles. The van der Waals surface area contributed by atoms with Crippen LogP contribution in [0.25, 0.3) is 17.3 Å². The number of nitrogens with zero attached hydrogens (tertiary/aromatic N) is 1. The number of methoxy groups -OCH3 is 1. The first kappa shape index (κ1) is 33.1. The lowest BCUT2D eigenvalue weighted by Crippen LogP contribution is -2.30. The van der Waals surface area contributed by atoms with Crippen molar-refractivity contribution in [3.05, 3.63) is 131 Å². The van der Waals surface area contributed by atoms with Gasteiger partial charge in [-0.3, -0.25) is 14.4 Å². The van der Waals surface area contributed by atoms with E-state index in [0.717, 1.165) is 10.5 Å². The molecule has 1 aromatic heterocycles. The average molecular weight is 667 g/mol. The highest BCUT2D eigenvalue weighted by molar-refractivity contribution is 8.00. The van der Waals surface area contributed by atoms with Crippen LogP contribution < -0.4 is 20.7 Å². The Morgan fingerprint density at radius 1 is 0.936 bits per heavy atom. The molecule has 3 N–H and O–H groups in total. The highest BCUT2D eigenvalue weighted by atomic mass is 32.2. The number of thiazole rings is 1. The standard InChI is InChI=1S/C36H31FN4O4S2/c1-3-32(35(44)41-36-40-30(22-46-36)28-14-7-8-15-31(28)45-2)47-27-13-9-12-26(21-27)38-34(43)29(20-23-16-18-25(37)19-17-23)39-33(42)24-10-5-4-6-11-24/h4-22,32H,3H2,1-2H3,(H,38,43)(H,39,42)(H,40,41,44)/b29-20-. The molecule has 0 aliphatic rings. The van der Waals surface area contributed by atoms with E-state index in [2.05, 4.69) is 20.9 Å². The first-order chi connectivity index (χ1) is 22.8. The number of aromatic nitrogens is 1. The fraction of sp³-hybridized carbons (Fsp3) is 0.111. The van der Waals surface area contributed by atoms with Crippen LogP contribution in [0.15, 0.2) is 119 Å². The molecular formula is C36H31FN4O4S2. The second kappa shape index (κ2) is 15.8. The second-order valence-corrected chi connectivity index (χ2v) is 12.3. The quantitative estimate of drug-likeness (QED) is 0.0924. The van der Waals surface area contributed by atoms with Crippen LogP contribution in [0.1, 0.15) is 29.3 Å². The monoisotopic (exact) mass is 666 g/mol. The van der Waals surface area contributed by atoms with Gasteiger partial charge in [0.05, 0.1) is 18.1 Å². The number of carbonyl (C=O) groups excluding carboxylic acids is 3. The van der Waals surface area contributed by atoms with Gasteiger partial charge in [0.1, 0.15) is 17.3 Å². The zero-order chi connectivity index (χ0) is 33.2. The van der Waals surface area contributed by atoms with Gasteiger partial charge >= 0.3 is 0 Å². The van der Waals surface area contributed by atoms with Crippen LogP contribution in [-0.4, -0.2) is 35.1 Å². The Hall–Kier alpha value is -5.26. The van der Waals surface area contributed by atoms with Crippen molar-refractivity contribution in [3.8, 4) is 17.0 Å². The molecule has 5 rings (SSSR count). The molecule has 0 spiro atoms. The summed E-state index contributed by atoms with van der Waals surface area (Å²) in [7, 11) is 1.60. The average Bonchev–Trinajstić information content (AvgIpc) is 3.56. The van der Waals surface area contributed by atoms with E-state index in [1.54, 1.807) is 55.6 Å². The van der Waals surface area contributed by atoms with Crippen LogP contribution in [0, 0.1) is 5.82 Å². The summed E-state index contributed by atoms with van der Waals surface area (Å²) in [6.07, 6.45) is 2.03. The number of anilines is 2. The number of para-hydroxylation sites is 1. The summed E-state index contributed by atoms with van der Waals surface area (Å²) < 4.78 is 18.9. The SMILES string of the molecule is CCC(Sc1cccc(NC(=O)/C(=C/c2ccc(F)cc2)NC(=O)c2ccccc2)c1)C(=O)Nc1nc(-c2ccccc2OC)cs1. The summed E-state index contributed by atoms with van der Waals surface area (Å²) in [6, 6.07) is 28.7. The van der Waals surface area contributed by atoms with Crippen molar-refractivity contribution < 1.29 is 23.5 Å². The Kier molecular flexibility index (Phi) is 11.2. The first-order valence-electron chi connectivity index (χ1n) is 14.6. The molecule has 3 amide bonds. The van der Waals surface area contributed by atoms with Crippen LogP contribution in [0.2, 0.25) is 0 Å². The fourth-order valence-corrected chi connectivity index (χ4v) is 6.22. The van der Waals surface area contributed by atoms with E-state index in [0.29, 0.717) is 39.8 Å². The maximum atomic E-state index is 13.5. The number of thioether (sulfide) groups is 1. The normalized spacial score (nSPS) is 11.8. The van der Waals surface area contributed by atoms with E-state index in [4.69, 9.17) is 4.74 Å². The van der Waals surface area contributed by atoms with Crippen molar-refractivity contribution in [3.63, 3.8) is 0 Å². The third-order valence-corrected chi connectivity index (χ3v) is 8.98. The van der Waals surface area contributed by atoms with Crippen molar-refractivity contribution in [1.29, 1.82) is 0 Å². The second-order valence-electron chi connectivity index (χ2n) is 10.2. The van der Waals surface area contributed by atoms with E-state index in [1.807, 2.05) is 42.6 Å². The van der Waals surface area contributed by atoms with Gasteiger partial charge in [0.15, 0.2) is 5.13 Å². The van der Waals surface area contributed by atoms with Gasteiger partial charge in [-0.25, -0.2) is 9.37 Å². The molecule has 1 unspecified atom stereocenters. The molecule has 1 atom stereocenters. The van der Waals surface area contributed by atoms with Crippen LogP contribution in [-0.2, 0) is 9.59 Å². The summed E-state index contributed by atoms with van der Waals surface area (Å²) in [5.41, 5.74) is 2.89. The summed E-state index contributed by atoms with van der Waals surface area (Å²) in [5.74, 6) is -0.952. The largest absolute Gasteiger partial charge is 0.496 e. The van der Waals surface area contributed by atoms with Gasteiger partial charge in [-0.15, -0.1) is 23.1 Å². The topological polar surface area (TPSA) is 109 Å². The number of hydrogen-bond donors (Lipinski definition) is 3. The number of ether oxygens (including phenoxy) is 1. The highest BCUT2D eigenvalue weighted by Crippen LogP contribution is 2.33. The summed E-state index contributed by atoms with van der Waals surface area (Å²) >= 11 is 2.69. The Labute approximate surface area is 280 Å². The van der Waals surface area contributed by atoms with Crippen LogP contribution >= 0.6 is 23.1 Å². The van der Waals surface area contributed by atoms with Crippen molar-refractivity contribution in [1.82, 2.24) is 10.3 Å². The Balaban J connectivity index is 1.27. The molecule has 0 bridgehead atoms. The summed E-state index contributed by atoms with van der Waals surface area (Å²) in [6.45, 7) is 1.92. The molecule has 8 nitrogen and oxygen atoms in total. The van der Waals surface area contributed by atoms with Gasteiger partial charge in [-0.1, -0.05) is 55.5 Å². The third kappa shape index (κ3) is 8.93. The lowest BCUT2D eigenvalue weighted by molar-refractivity contribution is -0.116. The zero-order valence-corrected chi connectivity index (χ0v) is 27.2. The number of benzene rings is 4. The molecular weight excluding hydrogens is 636 g/mol. The first-order valence-corrected chi connectivity index (χ1v) is 16.4. The third-order valence-electron chi connectivity index (χ3n) is 6.86. The van der Waals surface area contributed by atoms with Gasteiger partial charge in [-0.05, 0) is 72.7 Å². The molecule has 0 radical (unpaired) electrons. The fourth-order valence-electron chi connectivity index (χ4n) is 4.50. The van der Waals surface area contributed by atoms with E-state index >= 15 is 0 Å². The molecule has 5 aromatic rings. The van der Waals surface area contributed by atoms with Gasteiger partial charge in [0, 0.05) is 27.1 Å². The van der Waals surface area contributed by atoms with Crippen LogP contribution in [0.3, 0.4) is 0 Å². The maximum absolute atomic E-state index is 13.5. The molecule has 0 aliphatic heterocycles. The molecule has 238 valence electrons. The predicted octanol–water partition coefficient (Wildman–Crippen LogP) is 7.88. The Bertz CT molecular complexity index is 1890. The van der Waals surface area contributed by atoms with Gasteiger partial charge < -0.3 is 20.7 Å². The smallest absolute Gasteiger partial charge is 0.272 e. The summed E-state index contributed by atoms with van der Waals surface area (Å²) in [5, 5.41) is 10.4. The van der Waals surface area contributed by atoms with Gasteiger partial charge in [0.25, 0.3) is 11.8 Å². The van der Waals surface area contributed by atoms with Crippen molar-refractivity contribution in [2.24, 2.45) is 0 Å². The number of amides is 3. The van der Waals surface area contributed by atoms with Crippen molar-refractivity contribution >= 4 is 57.7 Å². The Morgan fingerprint density at radius 2 is 1.68 bits per heavy atom. The molecule has 4 aromatic carbocycles. The molecule has 0 fully saturated rings. The molecule has 1 heterocycles. The van der Waals surface area contributed by atoms with Crippen molar-refractivity contribution in [2.75, 3.05) is 17.7 Å². The lowest BCUT2D eigenvalue weighted by atomic mass is 10.1. The van der Waals surface area contributed by atoms with Crippen LogP contribution in [0.4, 0.5) is 15.2 Å². The van der Waals surface area contributed by atoms with E-state index in [-0.39, 0.29) is 11.6 Å². The van der Waals surface area contributed by atoms with E-state index in [9.17, 15) is 18.8 Å². The van der Waals surface area contributed by atoms with Gasteiger partial charge in [0.2, 0.25) is 5.91 Å². The maximum Gasteiger partial charge on any atom is 0.272 e. The number of halogens is 1. The molecule has 47 heavy (non-hydrogen) atoms. The number of nitrogens with one attached hydrogen (secondary N) is 3.